The normalized spacial score (nSPS) is 16.3. The quantitative estimate of drug-likeness (QED) is 0.942. The summed E-state index contributed by atoms with van der Waals surface area (Å²) < 4.78 is 25.3. The molecule has 2 aromatic carbocycles. The monoisotopic (exact) mass is 287 g/mol. The number of halogens is 1. The van der Waals surface area contributed by atoms with Gasteiger partial charge in [0.05, 0.1) is 5.54 Å². The van der Waals surface area contributed by atoms with Crippen molar-refractivity contribution in [2.45, 2.75) is 18.9 Å². The van der Waals surface area contributed by atoms with E-state index in [0.29, 0.717) is 36.7 Å². The predicted octanol–water partition coefficient (Wildman–Crippen LogP) is 3.21. The van der Waals surface area contributed by atoms with E-state index < -0.39 is 5.54 Å². The molecule has 3 nitrogen and oxygen atoms in total. The minimum atomic E-state index is -0.888. The van der Waals surface area contributed by atoms with Crippen molar-refractivity contribution in [1.29, 1.82) is 0 Å². The van der Waals surface area contributed by atoms with Gasteiger partial charge in [-0.05, 0) is 30.2 Å². The Labute approximate surface area is 123 Å². The number of hydrogen-bond donors (Lipinski definition) is 1. The summed E-state index contributed by atoms with van der Waals surface area (Å²) >= 11 is 0. The van der Waals surface area contributed by atoms with Gasteiger partial charge >= 0.3 is 0 Å². The summed E-state index contributed by atoms with van der Waals surface area (Å²) in [7, 11) is 0. The Bertz CT molecular complexity index is 659. The van der Waals surface area contributed by atoms with E-state index in [1.54, 1.807) is 18.2 Å². The van der Waals surface area contributed by atoms with Crippen molar-refractivity contribution in [2.24, 2.45) is 5.73 Å². The number of hydrogen-bond acceptors (Lipinski definition) is 3. The van der Waals surface area contributed by atoms with Crippen LogP contribution in [0.5, 0.6) is 11.5 Å². The lowest BCUT2D eigenvalue weighted by molar-refractivity contribution is 0.171. The van der Waals surface area contributed by atoms with Crippen LogP contribution >= 0.6 is 0 Å². The Morgan fingerprint density at radius 1 is 1.10 bits per heavy atom. The molecular formula is C17H18FNO2. The molecule has 0 saturated heterocycles. The molecule has 2 aromatic rings. The summed E-state index contributed by atoms with van der Waals surface area (Å²) in [6, 6.07) is 12.2. The van der Waals surface area contributed by atoms with Crippen molar-refractivity contribution >= 4 is 0 Å². The van der Waals surface area contributed by atoms with Gasteiger partial charge in [0.1, 0.15) is 19.0 Å². The van der Waals surface area contributed by atoms with Gasteiger partial charge in [0, 0.05) is 5.56 Å². The fraction of sp³-hybridized carbons (Fsp3) is 0.294. The average Bonchev–Trinajstić information content (AvgIpc) is 2.54. The Morgan fingerprint density at radius 2 is 1.81 bits per heavy atom. The predicted molar refractivity (Wildman–Crippen MR) is 79.1 cm³/mol. The van der Waals surface area contributed by atoms with Crippen LogP contribution in [0.4, 0.5) is 4.39 Å². The molecule has 3 rings (SSSR count). The second-order valence-corrected chi connectivity index (χ2v) is 5.16. The summed E-state index contributed by atoms with van der Waals surface area (Å²) in [5, 5.41) is 0. The molecule has 0 aliphatic carbocycles. The number of rotatable bonds is 3. The standard InChI is InChI=1S/C17H18FNO2/c1-2-17(19,13-5-3-4-6-14(13)18)12-7-8-15-16(11-12)21-10-9-20-15/h3-8,11H,2,9-10,19H2,1H3. The van der Waals surface area contributed by atoms with Gasteiger partial charge < -0.3 is 15.2 Å². The Balaban J connectivity index is 2.09. The molecule has 1 aliphatic rings. The fourth-order valence-corrected chi connectivity index (χ4v) is 2.69. The molecule has 0 amide bonds. The first kappa shape index (κ1) is 13.9. The van der Waals surface area contributed by atoms with Crippen LogP contribution in [0.2, 0.25) is 0 Å². The maximum Gasteiger partial charge on any atom is 0.161 e. The maximum absolute atomic E-state index is 14.2. The third-order valence-electron chi connectivity index (χ3n) is 3.97. The molecule has 0 spiro atoms. The van der Waals surface area contributed by atoms with E-state index in [0.717, 1.165) is 5.56 Å². The molecule has 0 bridgehead atoms. The topological polar surface area (TPSA) is 44.5 Å². The largest absolute Gasteiger partial charge is 0.486 e. The van der Waals surface area contributed by atoms with Crippen molar-refractivity contribution < 1.29 is 13.9 Å². The molecule has 0 saturated carbocycles. The number of benzene rings is 2. The number of fused-ring (bicyclic) bond motifs is 1. The molecule has 21 heavy (non-hydrogen) atoms. The highest BCUT2D eigenvalue weighted by molar-refractivity contribution is 5.49. The summed E-state index contributed by atoms with van der Waals surface area (Å²) in [6.07, 6.45) is 0.577. The van der Waals surface area contributed by atoms with Gasteiger partial charge in [0.15, 0.2) is 11.5 Å². The fourth-order valence-electron chi connectivity index (χ4n) is 2.69. The lowest BCUT2D eigenvalue weighted by Crippen LogP contribution is -2.38. The molecule has 110 valence electrons. The maximum atomic E-state index is 14.2. The number of nitrogens with two attached hydrogens (primary N) is 1. The second kappa shape index (κ2) is 5.37. The van der Waals surface area contributed by atoms with Crippen molar-refractivity contribution in [3.63, 3.8) is 0 Å². The van der Waals surface area contributed by atoms with Crippen LogP contribution in [0.1, 0.15) is 24.5 Å². The van der Waals surface area contributed by atoms with Gasteiger partial charge in [-0.15, -0.1) is 0 Å². The third-order valence-corrected chi connectivity index (χ3v) is 3.97. The first-order chi connectivity index (χ1) is 10.1. The van der Waals surface area contributed by atoms with E-state index >= 15 is 0 Å². The van der Waals surface area contributed by atoms with Crippen LogP contribution in [-0.2, 0) is 5.54 Å². The van der Waals surface area contributed by atoms with E-state index in [4.69, 9.17) is 15.2 Å². The molecule has 1 atom stereocenters. The van der Waals surface area contributed by atoms with Crippen molar-refractivity contribution in [1.82, 2.24) is 0 Å². The average molecular weight is 287 g/mol. The van der Waals surface area contributed by atoms with Crippen LogP contribution < -0.4 is 15.2 Å². The van der Waals surface area contributed by atoms with Crippen LogP contribution in [-0.4, -0.2) is 13.2 Å². The van der Waals surface area contributed by atoms with Gasteiger partial charge in [0.25, 0.3) is 0 Å². The molecular weight excluding hydrogens is 269 g/mol. The van der Waals surface area contributed by atoms with Crippen LogP contribution in [0.3, 0.4) is 0 Å². The highest BCUT2D eigenvalue weighted by Gasteiger charge is 2.31. The Morgan fingerprint density at radius 3 is 2.52 bits per heavy atom. The van der Waals surface area contributed by atoms with Crippen molar-refractivity contribution in [3.05, 3.63) is 59.4 Å². The van der Waals surface area contributed by atoms with Crippen molar-refractivity contribution in [3.8, 4) is 11.5 Å². The Hall–Kier alpha value is -2.07. The first-order valence-corrected chi connectivity index (χ1v) is 7.09. The molecule has 0 fully saturated rings. The smallest absolute Gasteiger partial charge is 0.161 e. The SMILES string of the molecule is CCC(N)(c1ccc2c(c1)OCCO2)c1ccccc1F. The first-order valence-electron chi connectivity index (χ1n) is 7.09. The summed E-state index contributed by atoms with van der Waals surface area (Å²) in [5.41, 5.74) is 6.96. The summed E-state index contributed by atoms with van der Waals surface area (Å²) in [5.74, 6) is 1.08. The van der Waals surface area contributed by atoms with E-state index in [-0.39, 0.29) is 5.82 Å². The van der Waals surface area contributed by atoms with E-state index in [2.05, 4.69) is 0 Å². The van der Waals surface area contributed by atoms with E-state index in [1.807, 2.05) is 25.1 Å². The highest BCUT2D eigenvalue weighted by Crippen LogP contribution is 2.38. The van der Waals surface area contributed by atoms with Gasteiger partial charge in [-0.25, -0.2) is 4.39 Å². The zero-order valence-corrected chi connectivity index (χ0v) is 11.9. The minimum absolute atomic E-state index is 0.295. The molecule has 1 heterocycles. The zero-order chi connectivity index (χ0) is 14.9. The zero-order valence-electron chi connectivity index (χ0n) is 11.9. The molecule has 1 unspecified atom stereocenters. The van der Waals surface area contributed by atoms with E-state index in [1.165, 1.54) is 6.07 Å². The van der Waals surface area contributed by atoms with Gasteiger partial charge in [-0.1, -0.05) is 31.2 Å². The number of ether oxygens (including phenoxy) is 2. The summed E-state index contributed by atoms with van der Waals surface area (Å²) in [4.78, 5) is 0. The minimum Gasteiger partial charge on any atom is -0.486 e. The Kier molecular flexibility index (Phi) is 3.55. The van der Waals surface area contributed by atoms with Crippen LogP contribution in [0.15, 0.2) is 42.5 Å². The third kappa shape index (κ3) is 2.36. The molecule has 2 N–H and O–H groups in total. The van der Waals surface area contributed by atoms with Gasteiger partial charge in [-0.2, -0.15) is 0 Å². The summed E-state index contributed by atoms with van der Waals surface area (Å²) in [6.45, 7) is 3.00. The molecule has 1 aliphatic heterocycles. The molecule has 0 aromatic heterocycles. The lowest BCUT2D eigenvalue weighted by Gasteiger charge is -2.31. The van der Waals surface area contributed by atoms with E-state index in [9.17, 15) is 4.39 Å². The van der Waals surface area contributed by atoms with Crippen LogP contribution in [0, 0.1) is 5.82 Å². The highest BCUT2D eigenvalue weighted by atomic mass is 19.1. The lowest BCUT2D eigenvalue weighted by atomic mass is 9.81. The molecule has 4 heteroatoms. The molecule has 0 radical (unpaired) electrons. The van der Waals surface area contributed by atoms with Gasteiger partial charge in [-0.3, -0.25) is 0 Å². The van der Waals surface area contributed by atoms with Gasteiger partial charge in [0.2, 0.25) is 0 Å². The van der Waals surface area contributed by atoms with Crippen LogP contribution in [0.25, 0.3) is 0 Å². The van der Waals surface area contributed by atoms with Crippen molar-refractivity contribution in [2.75, 3.05) is 13.2 Å². The second-order valence-electron chi connectivity index (χ2n) is 5.16.